The first-order chi connectivity index (χ1) is 23.0. The number of para-hydroxylation sites is 1. The highest BCUT2D eigenvalue weighted by Gasteiger charge is 2.16. The maximum atomic E-state index is 8.41. The fourth-order valence-corrected chi connectivity index (χ4v) is 4.64. The molecule has 0 radical (unpaired) electrons. The van der Waals surface area contributed by atoms with E-state index in [0.717, 1.165) is 22.0 Å². The van der Waals surface area contributed by atoms with Gasteiger partial charge < -0.3 is 9.32 Å². The fraction of sp³-hybridized carbons (Fsp3) is 0. The molecule has 0 saturated heterocycles. The Balaban J connectivity index is 1.38. The number of furan rings is 1. The predicted octanol–water partition coefficient (Wildman–Crippen LogP) is 10.4. The van der Waals surface area contributed by atoms with E-state index in [2.05, 4.69) is 0 Å². The van der Waals surface area contributed by atoms with E-state index in [-0.39, 0.29) is 35.3 Å². The van der Waals surface area contributed by atoms with E-state index in [1.165, 1.54) is 0 Å². The first kappa shape index (κ1) is 14.0. The summed E-state index contributed by atoms with van der Waals surface area (Å²) < 4.78 is 88.0. The molecule has 0 bridgehead atoms. The number of rotatable bonds is 5. The molecule has 0 unspecified atom stereocenters. The summed E-state index contributed by atoms with van der Waals surface area (Å²) in [5.74, 6) is 0. The van der Waals surface area contributed by atoms with Crippen LogP contribution < -0.4 is 4.90 Å². The van der Waals surface area contributed by atoms with Crippen molar-refractivity contribution in [3.8, 4) is 22.3 Å². The Morgan fingerprint density at radius 3 is 1.53 bits per heavy atom. The summed E-state index contributed by atoms with van der Waals surface area (Å²) in [7, 11) is 0. The summed E-state index contributed by atoms with van der Waals surface area (Å²) in [5, 5.41) is 1.85. The number of anilines is 3. The van der Waals surface area contributed by atoms with Gasteiger partial charge in [-0.25, -0.2) is 0 Å². The number of hydrogen-bond acceptors (Lipinski definition) is 2. The van der Waals surface area contributed by atoms with Crippen molar-refractivity contribution < 1.29 is 18.1 Å². The first-order valence-electron chi connectivity index (χ1n) is 17.0. The van der Waals surface area contributed by atoms with Crippen molar-refractivity contribution in [2.45, 2.75) is 0 Å². The van der Waals surface area contributed by atoms with Gasteiger partial charge in [0, 0.05) is 27.8 Å². The van der Waals surface area contributed by atoms with E-state index >= 15 is 0 Å². The van der Waals surface area contributed by atoms with Gasteiger partial charge in [-0.15, -0.1) is 0 Å². The Labute approximate surface area is 236 Å². The Kier molecular flexibility index (Phi) is 3.47. The third-order valence-electron chi connectivity index (χ3n) is 6.45. The molecule has 0 fully saturated rings. The molecule has 38 heavy (non-hydrogen) atoms. The van der Waals surface area contributed by atoms with E-state index in [1.807, 2.05) is 47.4 Å². The van der Waals surface area contributed by atoms with Gasteiger partial charge in [-0.1, -0.05) is 103 Å². The zero-order chi connectivity index (χ0) is 34.0. The Hall–Kier alpha value is -5.08. The van der Waals surface area contributed by atoms with Crippen molar-refractivity contribution in [1.29, 1.82) is 0 Å². The van der Waals surface area contributed by atoms with Gasteiger partial charge in [0.15, 0.2) is 0 Å². The lowest BCUT2D eigenvalue weighted by Gasteiger charge is -2.26. The average Bonchev–Trinajstić information content (AvgIpc) is 3.48. The standard InChI is InChI=1S/C36H25NO/c1-3-9-26(10-4-1)28-15-19-30(20-16-28)37(31-21-17-29(18-22-31)27-11-5-2-6-12-27)32-23-24-36-34(25-32)33-13-7-8-14-35(33)38-36/h1-25H/i1D,2D,3D,4D,5D,6D,9D,10D,11D,12D. The maximum absolute atomic E-state index is 8.41. The highest BCUT2D eigenvalue weighted by molar-refractivity contribution is 6.06. The zero-order valence-electron chi connectivity index (χ0n) is 30.0. The van der Waals surface area contributed by atoms with Gasteiger partial charge in [0.25, 0.3) is 0 Å². The minimum Gasteiger partial charge on any atom is -0.456 e. The molecule has 1 aromatic heterocycles. The zero-order valence-corrected chi connectivity index (χ0v) is 20.0. The van der Waals surface area contributed by atoms with Crippen LogP contribution >= 0.6 is 0 Å². The molecule has 0 N–H and O–H groups in total. The normalized spacial score (nSPS) is 14.8. The number of nitrogens with zero attached hydrogens (tertiary/aromatic N) is 1. The quantitative estimate of drug-likeness (QED) is 0.235. The van der Waals surface area contributed by atoms with Crippen LogP contribution in [0.5, 0.6) is 0 Å². The largest absolute Gasteiger partial charge is 0.456 e. The lowest BCUT2D eigenvalue weighted by Crippen LogP contribution is -2.09. The van der Waals surface area contributed by atoms with Crippen LogP contribution in [0, 0.1) is 0 Å². The van der Waals surface area contributed by atoms with E-state index in [0.29, 0.717) is 28.1 Å². The van der Waals surface area contributed by atoms with Crippen LogP contribution in [0.1, 0.15) is 13.7 Å². The smallest absolute Gasteiger partial charge is 0.135 e. The lowest BCUT2D eigenvalue weighted by molar-refractivity contribution is 0.669. The summed E-state index contributed by atoms with van der Waals surface area (Å²) in [5.41, 5.74) is 4.78. The molecule has 7 aromatic rings. The molecule has 2 heteroatoms. The molecule has 0 amide bonds. The molecule has 2 nitrogen and oxygen atoms in total. The Bertz CT molecular complexity index is 2230. The second-order valence-corrected chi connectivity index (χ2v) is 8.71. The second-order valence-electron chi connectivity index (χ2n) is 8.71. The molecule has 0 spiro atoms. The molecule has 0 aliphatic heterocycles. The SMILES string of the molecule is [2H]c1c([2H])c([2H])c(-c2ccc(N(c3ccc(-c4c([2H])c([2H])c([2H])c([2H])c4[2H])cc3)c3ccc4oc5ccccc5c4c3)cc2)c([2H])c1[2H]. The minimum absolute atomic E-state index is 0.105. The average molecular weight is 498 g/mol. The van der Waals surface area contributed by atoms with Gasteiger partial charge in [0.05, 0.1) is 13.7 Å². The first-order valence-corrected chi connectivity index (χ1v) is 12.0. The van der Waals surface area contributed by atoms with E-state index < -0.39 is 36.3 Å². The Morgan fingerprint density at radius 2 is 0.947 bits per heavy atom. The molecular weight excluding hydrogens is 462 g/mol. The second kappa shape index (κ2) is 9.42. The van der Waals surface area contributed by atoms with Crippen LogP contribution in [0.2, 0.25) is 0 Å². The molecule has 0 aliphatic carbocycles. The van der Waals surface area contributed by atoms with E-state index in [1.54, 1.807) is 48.5 Å². The van der Waals surface area contributed by atoms with Gasteiger partial charge >= 0.3 is 0 Å². The third kappa shape index (κ3) is 4.03. The molecule has 0 saturated carbocycles. The third-order valence-corrected chi connectivity index (χ3v) is 6.45. The van der Waals surface area contributed by atoms with E-state index in [4.69, 9.17) is 18.1 Å². The van der Waals surface area contributed by atoms with Gasteiger partial charge in [0.1, 0.15) is 11.2 Å². The molecular formula is C36H25NO. The molecule has 0 atom stereocenters. The summed E-state index contributed by atoms with van der Waals surface area (Å²) in [6, 6.07) is 23.9. The molecule has 0 aliphatic rings. The van der Waals surface area contributed by atoms with Crippen LogP contribution in [0.3, 0.4) is 0 Å². The highest BCUT2D eigenvalue weighted by atomic mass is 16.3. The molecule has 7 rings (SSSR count). The monoisotopic (exact) mass is 497 g/mol. The molecule has 180 valence electrons. The van der Waals surface area contributed by atoms with Crippen molar-refractivity contribution in [2.75, 3.05) is 4.90 Å². The van der Waals surface area contributed by atoms with Crippen molar-refractivity contribution >= 4 is 39.0 Å². The van der Waals surface area contributed by atoms with Gasteiger partial charge in [0.2, 0.25) is 0 Å². The van der Waals surface area contributed by atoms with Crippen LogP contribution in [0.15, 0.2) is 156 Å². The van der Waals surface area contributed by atoms with Gasteiger partial charge in [-0.05, 0) is 70.8 Å². The van der Waals surface area contributed by atoms with Crippen LogP contribution in [0.25, 0.3) is 44.2 Å². The molecule has 6 aromatic carbocycles. The summed E-state index contributed by atoms with van der Waals surface area (Å²) in [6.07, 6.45) is 0. The summed E-state index contributed by atoms with van der Waals surface area (Å²) in [6.45, 7) is 0. The van der Waals surface area contributed by atoms with Crippen LogP contribution in [0.4, 0.5) is 17.1 Å². The minimum atomic E-state index is -0.453. The maximum Gasteiger partial charge on any atom is 0.135 e. The highest BCUT2D eigenvalue weighted by Crippen LogP contribution is 2.39. The predicted molar refractivity (Wildman–Crippen MR) is 159 cm³/mol. The van der Waals surface area contributed by atoms with Crippen LogP contribution in [-0.4, -0.2) is 0 Å². The van der Waals surface area contributed by atoms with Gasteiger partial charge in [-0.2, -0.15) is 0 Å². The lowest BCUT2D eigenvalue weighted by atomic mass is 10.0. The van der Waals surface area contributed by atoms with E-state index in [9.17, 15) is 0 Å². The fourth-order valence-electron chi connectivity index (χ4n) is 4.64. The van der Waals surface area contributed by atoms with Crippen molar-refractivity contribution in [3.63, 3.8) is 0 Å². The van der Waals surface area contributed by atoms with Crippen molar-refractivity contribution in [2.24, 2.45) is 0 Å². The summed E-state index contributed by atoms with van der Waals surface area (Å²) in [4.78, 5) is 1.97. The number of hydrogen-bond donors (Lipinski definition) is 0. The van der Waals surface area contributed by atoms with Crippen molar-refractivity contribution in [3.05, 3.63) is 151 Å². The van der Waals surface area contributed by atoms with Crippen molar-refractivity contribution in [1.82, 2.24) is 0 Å². The topological polar surface area (TPSA) is 16.4 Å². The Morgan fingerprint density at radius 1 is 0.447 bits per heavy atom. The number of fused-ring (bicyclic) bond motifs is 3. The number of benzene rings is 6. The molecule has 1 heterocycles. The summed E-state index contributed by atoms with van der Waals surface area (Å²) >= 11 is 0. The van der Waals surface area contributed by atoms with Crippen LogP contribution in [-0.2, 0) is 0 Å². The van der Waals surface area contributed by atoms with Gasteiger partial charge in [-0.3, -0.25) is 0 Å².